The van der Waals surface area contributed by atoms with Crippen LogP contribution in [-0.4, -0.2) is 62.0 Å². The first kappa shape index (κ1) is 17.1. The first-order chi connectivity index (χ1) is 8.55. The van der Waals surface area contributed by atoms with Gasteiger partial charge in [0, 0.05) is 32.2 Å². The van der Waals surface area contributed by atoms with Crippen LogP contribution in [0.2, 0.25) is 0 Å². The van der Waals surface area contributed by atoms with E-state index in [0.29, 0.717) is 32.8 Å². The second kappa shape index (κ2) is 7.19. The number of halogens is 1. The molecule has 19 heavy (non-hydrogen) atoms. The molecule has 2 aliphatic rings. The Hall–Kier alpha value is 0.0800. The molecule has 114 valence electrons. The second-order valence-electron chi connectivity index (χ2n) is 5.05. The average Bonchev–Trinajstić information content (AvgIpc) is 2.39. The van der Waals surface area contributed by atoms with E-state index in [2.05, 4.69) is 0 Å². The van der Waals surface area contributed by atoms with Gasteiger partial charge in [-0.3, -0.25) is 0 Å². The molecule has 2 atom stereocenters. The molecule has 0 aliphatic carbocycles. The maximum atomic E-state index is 12.6. The van der Waals surface area contributed by atoms with Gasteiger partial charge in [0.2, 0.25) is 0 Å². The first-order valence-electron chi connectivity index (χ1n) is 6.64. The van der Waals surface area contributed by atoms with Crippen molar-refractivity contribution >= 4 is 22.6 Å². The molecule has 2 unspecified atom stereocenters. The Kier molecular flexibility index (Phi) is 6.49. The van der Waals surface area contributed by atoms with Crippen LogP contribution in [0.1, 0.15) is 26.2 Å². The third-order valence-corrected chi connectivity index (χ3v) is 5.85. The van der Waals surface area contributed by atoms with Gasteiger partial charge < -0.3 is 10.5 Å². The molecule has 0 radical (unpaired) electrons. The lowest BCUT2D eigenvalue weighted by Gasteiger charge is -2.39. The van der Waals surface area contributed by atoms with Crippen molar-refractivity contribution in [2.45, 2.75) is 38.3 Å². The SMILES string of the molecule is CC1CCCCN1S(=O)(=O)N1CCOC(CN)C1.Cl. The van der Waals surface area contributed by atoms with Gasteiger partial charge >= 0.3 is 0 Å². The Bertz CT molecular complexity index is 379. The van der Waals surface area contributed by atoms with Gasteiger partial charge in [-0.1, -0.05) is 6.42 Å². The molecule has 2 heterocycles. The third kappa shape index (κ3) is 3.80. The maximum Gasteiger partial charge on any atom is 0.282 e. The zero-order chi connectivity index (χ0) is 13.2. The van der Waals surface area contributed by atoms with E-state index in [0.717, 1.165) is 19.3 Å². The third-order valence-electron chi connectivity index (χ3n) is 3.73. The lowest BCUT2D eigenvalue weighted by Crippen LogP contribution is -2.55. The molecule has 2 aliphatic heterocycles. The number of nitrogens with two attached hydrogens (primary N) is 1. The highest BCUT2D eigenvalue weighted by atomic mass is 35.5. The molecule has 2 rings (SSSR count). The molecular formula is C11H24ClN3O3S. The van der Waals surface area contributed by atoms with Gasteiger partial charge in [-0.05, 0) is 19.8 Å². The summed E-state index contributed by atoms with van der Waals surface area (Å²) in [4.78, 5) is 0. The monoisotopic (exact) mass is 313 g/mol. The van der Waals surface area contributed by atoms with Crippen molar-refractivity contribution in [3.05, 3.63) is 0 Å². The number of hydrogen-bond acceptors (Lipinski definition) is 4. The minimum Gasteiger partial charge on any atom is -0.374 e. The molecule has 0 amide bonds. The smallest absolute Gasteiger partial charge is 0.282 e. The van der Waals surface area contributed by atoms with E-state index < -0.39 is 10.2 Å². The summed E-state index contributed by atoms with van der Waals surface area (Å²) < 4.78 is 33.7. The molecule has 0 spiro atoms. The van der Waals surface area contributed by atoms with Crippen LogP contribution in [0, 0.1) is 0 Å². The van der Waals surface area contributed by atoms with Crippen molar-refractivity contribution in [3.63, 3.8) is 0 Å². The van der Waals surface area contributed by atoms with Crippen LogP contribution < -0.4 is 5.73 Å². The van der Waals surface area contributed by atoms with Crippen LogP contribution in [0.5, 0.6) is 0 Å². The summed E-state index contributed by atoms with van der Waals surface area (Å²) in [7, 11) is -3.35. The minimum absolute atomic E-state index is 0. The molecule has 2 saturated heterocycles. The molecule has 8 heteroatoms. The number of hydrogen-bond donors (Lipinski definition) is 1. The molecule has 0 aromatic heterocycles. The van der Waals surface area contributed by atoms with Crippen molar-refractivity contribution in [1.82, 2.24) is 8.61 Å². The Morgan fingerprint density at radius 2 is 2.05 bits per heavy atom. The van der Waals surface area contributed by atoms with E-state index >= 15 is 0 Å². The van der Waals surface area contributed by atoms with Gasteiger partial charge in [-0.15, -0.1) is 12.4 Å². The van der Waals surface area contributed by atoms with E-state index in [1.54, 1.807) is 4.31 Å². The zero-order valence-electron chi connectivity index (χ0n) is 11.3. The predicted octanol–water partition coefficient (Wildman–Crippen LogP) is 0.187. The summed E-state index contributed by atoms with van der Waals surface area (Å²) in [6.07, 6.45) is 2.84. The van der Waals surface area contributed by atoms with Crippen LogP contribution >= 0.6 is 12.4 Å². The van der Waals surface area contributed by atoms with Gasteiger partial charge in [0.05, 0.1) is 12.7 Å². The number of piperidine rings is 1. The summed E-state index contributed by atoms with van der Waals surface area (Å²) in [5, 5.41) is 0. The van der Waals surface area contributed by atoms with E-state index in [4.69, 9.17) is 10.5 Å². The summed E-state index contributed by atoms with van der Waals surface area (Å²) in [5.41, 5.74) is 5.55. The molecule has 0 aromatic rings. The quantitative estimate of drug-likeness (QED) is 0.807. The Morgan fingerprint density at radius 1 is 1.32 bits per heavy atom. The van der Waals surface area contributed by atoms with Crippen LogP contribution in [0.15, 0.2) is 0 Å². The number of ether oxygens (including phenoxy) is 1. The highest BCUT2D eigenvalue weighted by Crippen LogP contribution is 2.23. The lowest BCUT2D eigenvalue weighted by molar-refractivity contribution is 0.00196. The first-order valence-corrected chi connectivity index (χ1v) is 8.04. The van der Waals surface area contributed by atoms with E-state index in [1.165, 1.54) is 4.31 Å². The van der Waals surface area contributed by atoms with Crippen molar-refractivity contribution in [2.24, 2.45) is 5.73 Å². The topological polar surface area (TPSA) is 75.9 Å². The van der Waals surface area contributed by atoms with Crippen LogP contribution in [-0.2, 0) is 14.9 Å². The van der Waals surface area contributed by atoms with Gasteiger partial charge in [0.25, 0.3) is 10.2 Å². The Morgan fingerprint density at radius 3 is 2.68 bits per heavy atom. The van der Waals surface area contributed by atoms with Crippen LogP contribution in [0.25, 0.3) is 0 Å². The largest absolute Gasteiger partial charge is 0.374 e. The summed E-state index contributed by atoms with van der Waals surface area (Å²) in [5.74, 6) is 0. The average molecular weight is 314 g/mol. The fourth-order valence-corrected chi connectivity index (χ4v) is 4.48. The summed E-state index contributed by atoms with van der Waals surface area (Å²) in [6.45, 7) is 4.22. The predicted molar refractivity (Wildman–Crippen MR) is 76.6 cm³/mol. The van der Waals surface area contributed by atoms with Gasteiger partial charge in [-0.2, -0.15) is 17.0 Å². The second-order valence-corrected chi connectivity index (χ2v) is 6.93. The van der Waals surface area contributed by atoms with Crippen molar-refractivity contribution in [1.29, 1.82) is 0 Å². The number of rotatable bonds is 3. The standard InChI is InChI=1S/C11H23N3O3S.ClH/c1-10-4-2-3-5-14(10)18(15,16)13-6-7-17-11(8-12)9-13;/h10-11H,2-9,12H2,1H3;1H. The zero-order valence-corrected chi connectivity index (χ0v) is 13.0. The number of nitrogens with zero attached hydrogens (tertiary/aromatic N) is 2. The highest BCUT2D eigenvalue weighted by Gasteiger charge is 2.36. The maximum absolute atomic E-state index is 12.6. The number of morpholine rings is 1. The van der Waals surface area contributed by atoms with Crippen LogP contribution in [0.3, 0.4) is 0 Å². The van der Waals surface area contributed by atoms with E-state index in [9.17, 15) is 8.42 Å². The Labute approximate surface area is 121 Å². The lowest BCUT2D eigenvalue weighted by atomic mass is 10.1. The summed E-state index contributed by atoms with van der Waals surface area (Å²) in [6, 6.07) is 0.0999. The van der Waals surface area contributed by atoms with Gasteiger partial charge in [0.1, 0.15) is 0 Å². The molecular weight excluding hydrogens is 290 g/mol. The molecule has 0 aromatic carbocycles. The normalized spacial score (nSPS) is 30.8. The van der Waals surface area contributed by atoms with Gasteiger partial charge in [0.15, 0.2) is 0 Å². The minimum atomic E-state index is -3.35. The molecule has 0 saturated carbocycles. The fraction of sp³-hybridized carbons (Fsp3) is 1.00. The molecule has 2 fully saturated rings. The van der Waals surface area contributed by atoms with Crippen molar-refractivity contribution in [3.8, 4) is 0 Å². The van der Waals surface area contributed by atoms with Crippen LogP contribution in [0.4, 0.5) is 0 Å². The Balaban J connectivity index is 0.00000180. The van der Waals surface area contributed by atoms with E-state index in [1.807, 2.05) is 6.92 Å². The fourth-order valence-electron chi connectivity index (χ4n) is 2.61. The molecule has 2 N–H and O–H groups in total. The van der Waals surface area contributed by atoms with Crippen molar-refractivity contribution in [2.75, 3.05) is 32.8 Å². The molecule has 6 nitrogen and oxygen atoms in total. The van der Waals surface area contributed by atoms with Crippen molar-refractivity contribution < 1.29 is 13.2 Å². The summed E-state index contributed by atoms with van der Waals surface area (Å²) >= 11 is 0. The van der Waals surface area contributed by atoms with E-state index in [-0.39, 0.29) is 24.6 Å². The van der Waals surface area contributed by atoms with Gasteiger partial charge in [-0.25, -0.2) is 0 Å². The highest BCUT2D eigenvalue weighted by molar-refractivity contribution is 7.86. The molecule has 0 bridgehead atoms.